The number of thioether (sulfide) groups is 1. The number of hydrogen-bond acceptors (Lipinski definition) is 7. The molecule has 4 aromatic rings. The zero-order valence-electron chi connectivity index (χ0n) is 20.3. The van der Waals surface area contributed by atoms with Gasteiger partial charge in [-0.25, -0.2) is 0 Å². The first-order valence-corrected chi connectivity index (χ1v) is 13.0. The second kappa shape index (κ2) is 11.5. The topological polar surface area (TPSA) is 100 Å². The highest BCUT2D eigenvalue weighted by atomic mass is 35.5. The number of carbonyl (C=O) groups is 2. The predicted molar refractivity (Wildman–Crippen MR) is 149 cm³/mol. The van der Waals surface area contributed by atoms with E-state index in [9.17, 15) is 9.59 Å². The van der Waals surface area contributed by atoms with E-state index in [-0.39, 0.29) is 24.8 Å². The van der Waals surface area contributed by atoms with Crippen molar-refractivity contribution >= 4 is 52.2 Å². The van der Waals surface area contributed by atoms with E-state index in [1.807, 2.05) is 49.4 Å². The summed E-state index contributed by atoms with van der Waals surface area (Å²) < 4.78 is 11.3. The maximum absolute atomic E-state index is 13.2. The SMILES string of the molecule is Cc1ccc(NC(=O)CC2S/C(=N\N=C\c3ccc(-c4ccc(Cl)cc4)o3)N(Cc3ccco3)C2=O)cc1. The number of aryl methyl sites for hydroxylation is 1. The Morgan fingerprint density at radius 1 is 1.11 bits per heavy atom. The number of amidine groups is 1. The van der Waals surface area contributed by atoms with E-state index < -0.39 is 5.25 Å². The van der Waals surface area contributed by atoms with E-state index in [4.69, 9.17) is 20.4 Å². The molecule has 2 aromatic carbocycles. The van der Waals surface area contributed by atoms with Crippen LogP contribution in [0.15, 0.2) is 98.1 Å². The zero-order chi connectivity index (χ0) is 26.5. The Bertz CT molecular complexity index is 1480. The van der Waals surface area contributed by atoms with E-state index in [2.05, 4.69) is 15.5 Å². The fourth-order valence-corrected chi connectivity index (χ4v) is 4.98. The largest absolute Gasteiger partial charge is 0.467 e. The van der Waals surface area contributed by atoms with Crippen molar-refractivity contribution in [1.82, 2.24) is 4.90 Å². The molecule has 0 aliphatic carbocycles. The van der Waals surface area contributed by atoms with Gasteiger partial charge in [0.2, 0.25) is 11.8 Å². The molecule has 1 fully saturated rings. The fraction of sp³-hybridized carbons (Fsp3) is 0.143. The third-order valence-electron chi connectivity index (χ3n) is 5.70. The molecule has 0 saturated carbocycles. The minimum atomic E-state index is -0.635. The average molecular weight is 547 g/mol. The second-order valence-electron chi connectivity index (χ2n) is 8.56. The summed E-state index contributed by atoms with van der Waals surface area (Å²) in [7, 11) is 0. The van der Waals surface area contributed by atoms with Gasteiger partial charge in [0, 0.05) is 22.7 Å². The minimum absolute atomic E-state index is 0.00258. The third-order valence-corrected chi connectivity index (χ3v) is 7.12. The molecule has 1 aliphatic rings. The molecule has 1 atom stereocenters. The summed E-state index contributed by atoms with van der Waals surface area (Å²) in [5.41, 5.74) is 2.65. The van der Waals surface area contributed by atoms with E-state index >= 15 is 0 Å². The molecule has 1 aliphatic heterocycles. The summed E-state index contributed by atoms with van der Waals surface area (Å²) >= 11 is 7.15. The Morgan fingerprint density at radius 3 is 2.63 bits per heavy atom. The predicted octanol–water partition coefficient (Wildman–Crippen LogP) is 6.36. The van der Waals surface area contributed by atoms with Gasteiger partial charge in [-0.2, -0.15) is 5.10 Å². The quantitative estimate of drug-likeness (QED) is 0.204. The van der Waals surface area contributed by atoms with Crippen LogP contribution in [0.2, 0.25) is 5.02 Å². The highest BCUT2D eigenvalue weighted by Gasteiger charge is 2.39. The molecule has 1 unspecified atom stereocenters. The zero-order valence-corrected chi connectivity index (χ0v) is 21.9. The first-order valence-electron chi connectivity index (χ1n) is 11.8. The van der Waals surface area contributed by atoms with Gasteiger partial charge in [0.05, 0.1) is 19.0 Å². The van der Waals surface area contributed by atoms with Crippen molar-refractivity contribution in [3.63, 3.8) is 0 Å². The van der Waals surface area contributed by atoms with Crippen molar-refractivity contribution in [3.05, 3.63) is 101 Å². The third kappa shape index (κ3) is 6.24. The molecule has 1 saturated heterocycles. The van der Waals surface area contributed by atoms with Crippen molar-refractivity contribution in [2.45, 2.75) is 25.1 Å². The number of anilines is 1. The van der Waals surface area contributed by atoms with Gasteiger partial charge in [-0.3, -0.25) is 14.5 Å². The Morgan fingerprint density at radius 2 is 1.89 bits per heavy atom. The van der Waals surface area contributed by atoms with Crippen molar-refractivity contribution in [2.75, 3.05) is 5.32 Å². The number of nitrogens with one attached hydrogen (secondary N) is 1. The number of hydrogen-bond donors (Lipinski definition) is 1. The van der Waals surface area contributed by atoms with Crippen molar-refractivity contribution in [2.24, 2.45) is 10.2 Å². The molecule has 2 amide bonds. The summed E-state index contributed by atoms with van der Waals surface area (Å²) in [6, 6.07) is 21.9. The Kier molecular flexibility index (Phi) is 7.76. The van der Waals surface area contributed by atoms with E-state index in [0.29, 0.717) is 33.2 Å². The highest BCUT2D eigenvalue weighted by Crippen LogP contribution is 2.31. The molecule has 192 valence electrons. The maximum Gasteiger partial charge on any atom is 0.243 e. The lowest BCUT2D eigenvalue weighted by molar-refractivity contribution is -0.128. The van der Waals surface area contributed by atoms with E-state index in [1.54, 1.807) is 36.6 Å². The molecule has 0 radical (unpaired) electrons. The van der Waals surface area contributed by atoms with Crippen LogP contribution in [-0.2, 0) is 16.1 Å². The summed E-state index contributed by atoms with van der Waals surface area (Å²) in [6.45, 7) is 2.16. The van der Waals surface area contributed by atoms with Crippen molar-refractivity contribution in [3.8, 4) is 11.3 Å². The van der Waals surface area contributed by atoms with Crippen LogP contribution in [0.4, 0.5) is 5.69 Å². The van der Waals surface area contributed by atoms with Gasteiger partial charge in [-0.1, -0.05) is 41.1 Å². The Balaban J connectivity index is 1.29. The molecule has 38 heavy (non-hydrogen) atoms. The van der Waals surface area contributed by atoms with Gasteiger partial charge in [-0.15, -0.1) is 5.10 Å². The summed E-state index contributed by atoms with van der Waals surface area (Å²) in [5.74, 6) is 1.27. The van der Waals surface area contributed by atoms with Gasteiger partial charge < -0.3 is 14.2 Å². The van der Waals surface area contributed by atoms with Crippen LogP contribution in [-0.4, -0.2) is 33.3 Å². The number of halogens is 1. The molecule has 0 spiro atoms. The summed E-state index contributed by atoms with van der Waals surface area (Å²) in [4.78, 5) is 27.4. The number of benzene rings is 2. The molecule has 1 N–H and O–H groups in total. The molecular weight excluding hydrogens is 524 g/mol. The first-order chi connectivity index (χ1) is 18.4. The smallest absolute Gasteiger partial charge is 0.243 e. The summed E-state index contributed by atoms with van der Waals surface area (Å²) in [5, 5.41) is 11.7. The number of rotatable bonds is 8. The normalized spacial score (nSPS) is 16.6. The van der Waals surface area contributed by atoms with Crippen LogP contribution in [0, 0.1) is 6.92 Å². The van der Waals surface area contributed by atoms with Crippen LogP contribution in [0.3, 0.4) is 0 Å². The fourth-order valence-electron chi connectivity index (χ4n) is 3.76. The van der Waals surface area contributed by atoms with Crippen LogP contribution in [0.25, 0.3) is 11.3 Å². The number of carbonyl (C=O) groups excluding carboxylic acids is 2. The van der Waals surface area contributed by atoms with Crippen LogP contribution in [0.5, 0.6) is 0 Å². The van der Waals surface area contributed by atoms with Gasteiger partial charge in [0.1, 0.15) is 22.5 Å². The van der Waals surface area contributed by atoms with Crippen LogP contribution in [0.1, 0.15) is 23.5 Å². The number of nitrogens with zero attached hydrogens (tertiary/aromatic N) is 3. The average Bonchev–Trinajstić information content (AvgIpc) is 3.65. The number of amides is 2. The molecule has 3 heterocycles. The lowest BCUT2D eigenvalue weighted by Crippen LogP contribution is -2.33. The summed E-state index contributed by atoms with van der Waals surface area (Å²) in [6.07, 6.45) is 3.01. The first kappa shape index (κ1) is 25.6. The standard InChI is InChI=1S/C28H23ClN4O4S/c1-18-4-10-21(11-5-18)31-26(34)15-25-27(35)33(17-23-3-2-14-36-23)28(38-25)32-30-16-22-12-13-24(37-22)19-6-8-20(29)9-7-19/h2-14,16,25H,15,17H2,1H3,(H,31,34)/b30-16+,32-28-. The maximum atomic E-state index is 13.2. The van der Waals surface area contributed by atoms with E-state index in [1.165, 1.54) is 22.9 Å². The molecule has 8 nitrogen and oxygen atoms in total. The molecule has 5 rings (SSSR count). The van der Waals surface area contributed by atoms with Gasteiger partial charge in [0.25, 0.3) is 0 Å². The van der Waals surface area contributed by atoms with Gasteiger partial charge in [-0.05, 0) is 67.6 Å². The lowest BCUT2D eigenvalue weighted by atomic mass is 10.2. The van der Waals surface area contributed by atoms with Crippen molar-refractivity contribution in [1.29, 1.82) is 0 Å². The molecule has 10 heteroatoms. The minimum Gasteiger partial charge on any atom is -0.467 e. The highest BCUT2D eigenvalue weighted by molar-refractivity contribution is 8.15. The van der Waals surface area contributed by atoms with Crippen molar-refractivity contribution < 1.29 is 18.4 Å². The van der Waals surface area contributed by atoms with Crippen LogP contribution < -0.4 is 5.32 Å². The van der Waals surface area contributed by atoms with Crippen LogP contribution >= 0.6 is 23.4 Å². The molecular formula is C28H23ClN4O4S. The number of furan rings is 2. The molecule has 2 aromatic heterocycles. The van der Waals surface area contributed by atoms with E-state index in [0.717, 1.165) is 11.1 Å². The lowest BCUT2D eigenvalue weighted by Gasteiger charge is -2.14. The second-order valence-corrected chi connectivity index (χ2v) is 10.2. The van der Waals surface area contributed by atoms with Gasteiger partial charge in [0.15, 0.2) is 5.17 Å². The van der Waals surface area contributed by atoms with Gasteiger partial charge >= 0.3 is 0 Å². The Labute approximate surface area is 228 Å². The monoisotopic (exact) mass is 546 g/mol. The molecule has 0 bridgehead atoms. The Hall–Kier alpha value is -4.08.